The minimum atomic E-state index is 0.297. The van der Waals surface area contributed by atoms with Gasteiger partial charge in [0, 0.05) is 29.4 Å². The number of rotatable bonds is 8. The van der Waals surface area contributed by atoms with Gasteiger partial charge in [0.25, 0.3) is 0 Å². The van der Waals surface area contributed by atoms with Crippen LogP contribution < -0.4 is 15.4 Å². The molecule has 0 radical (unpaired) electrons. The average molecular weight is 356 g/mol. The van der Waals surface area contributed by atoms with Crippen molar-refractivity contribution in [3.8, 4) is 5.75 Å². The first-order chi connectivity index (χ1) is 12.3. The second-order valence-corrected chi connectivity index (χ2v) is 7.53. The van der Waals surface area contributed by atoms with Crippen LogP contribution in [0.3, 0.4) is 0 Å². The summed E-state index contributed by atoms with van der Waals surface area (Å²) in [6.07, 6.45) is 5.92. The van der Waals surface area contributed by atoms with Crippen molar-refractivity contribution in [2.45, 2.75) is 22.5 Å². The molecule has 6 heteroatoms. The van der Waals surface area contributed by atoms with E-state index in [2.05, 4.69) is 50.9 Å². The SMILES string of the molecule is CN=C(NCCOc1cccnc1)NCC1(Sc2ccccc2)CC1. The second-order valence-electron chi connectivity index (χ2n) is 5.99. The molecule has 25 heavy (non-hydrogen) atoms. The van der Waals surface area contributed by atoms with Crippen molar-refractivity contribution < 1.29 is 4.74 Å². The maximum atomic E-state index is 5.63. The van der Waals surface area contributed by atoms with Gasteiger partial charge in [-0.1, -0.05) is 18.2 Å². The molecule has 1 aliphatic rings. The third kappa shape index (κ3) is 5.67. The number of benzene rings is 1. The molecule has 0 spiro atoms. The van der Waals surface area contributed by atoms with Crippen LogP contribution in [-0.4, -0.2) is 42.4 Å². The Balaban J connectivity index is 1.38. The van der Waals surface area contributed by atoms with Gasteiger partial charge in [0.1, 0.15) is 12.4 Å². The fourth-order valence-electron chi connectivity index (χ4n) is 2.43. The highest BCUT2D eigenvalue weighted by Crippen LogP contribution is 2.51. The molecule has 132 valence electrons. The van der Waals surface area contributed by atoms with E-state index in [9.17, 15) is 0 Å². The van der Waals surface area contributed by atoms with E-state index in [1.54, 1.807) is 19.4 Å². The van der Waals surface area contributed by atoms with Crippen LogP contribution in [0, 0.1) is 0 Å². The number of aliphatic imine (C=N–C) groups is 1. The molecule has 1 saturated carbocycles. The zero-order valence-corrected chi connectivity index (χ0v) is 15.3. The summed E-state index contributed by atoms with van der Waals surface area (Å²) in [5.74, 6) is 1.60. The summed E-state index contributed by atoms with van der Waals surface area (Å²) in [6.45, 7) is 2.17. The van der Waals surface area contributed by atoms with Gasteiger partial charge in [-0.05, 0) is 37.1 Å². The van der Waals surface area contributed by atoms with Crippen LogP contribution in [0.15, 0.2) is 64.7 Å². The molecular formula is C19H24N4OS. The highest BCUT2D eigenvalue weighted by Gasteiger charge is 2.43. The van der Waals surface area contributed by atoms with Crippen molar-refractivity contribution in [2.24, 2.45) is 4.99 Å². The van der Waals surface area contributed by atoms with Gasteiger partial charge < -0.3 is 15.4 Å². The molecule has 0 bridgehead atoms. The lowest BCUT2D eigenvalue weighted by Crippen LogP contribution is -2.42. The third-order valence-corrected chi connectivity index (χ3v) is 5.48. The molecular weight excluding hydrogens is 332 g/mol. The lowest BCUT2D eigenvalue weighted by molar-refractivity contribution is 0.320. The van der Waals surface area contributed by atoms with Gasteiger partial charge in [0.2, 0.25) is 0 Å². The minimum absolute atomic E-state index is 0.297. The molecule has 3 rings (SSSR count). The Kier molecular flexibility index (Phi) is 6.17. The number of aromatic nitrogens is 1. The molecule has 1 fully saturated rings. The van der Waals surface area contributed by atoms with Gasteiger partial charge in [-0.25, -0.2) is 0 Å². The molecule has 1 aromatic carbocycles. The van der Waals surface area contributed by atoms with Crippen LogP contribution in [0.5, 0.6) is 5.75 Å². The van der Waals surface area contributed by atoms with Crippen LogP contribution >= 0.6 is 11.8 Å². The number of nitrogens with zero attached hydrogens (tertiary/aromatic N) is 2. The molecule has 0 saturated heterocycles. The number of pyridine rings is 1. The van der Waals surface area contributed by atoms with Gasteiger partial charge in [-0.2, -0.15) is 0 Å². The van der Waals surface area contributed by atoms with Crippen molar-refractivity contribution in [1.82, 2.24) is 15.6 Å². The zero-order valence-electron chi connectivity index (χ0n) is 14.4. The van der Waals surface area contributed by atoms with Crippen molar-refractivity contribution in [1.29, 1.82) is 0 Å². The third-order valence-electron chi connectivity index (χ3n) is 3.98. The highest BCUT2D eigenvalue weighted by molar-refractivity contribution is 8.01. The Labute approximate surface area is 153 Å². The van der Waals surface area contributed by atoms with E-state index in [-0.39, 0.29) is 0 Å². The fourth-order valence-corrected chi connectivity index (χ4v) is 3.67. The lowest BCUT2D eigenvalue weighted by Gasteiger charge is -2.18. The Bertz CT molecular complexity index is 674. The summed E-state index contributed by atoms with van der Waals surface area (Å²) in [6, 6.07) is 14.4. The average Bonchev–Trinajstić information content (AvgIpc) is 3.42. The second kappa shape index (κ2) is 8.76. The number of nitrogens with one attached hydrogen (secondary N) is 2. The van der Waals surface area contributed by atoms with E-state index in [1.165, 1.54) is 17.7 Å². The summed E-state index contributed by atoms with van der Waals surface area (Å²) >= 11 is 1.96. The van der Waals surface area contributed by atoms with Crippen LogP contribution in [0.25, 0.3) is 0 Å². The molecule has 0 amide bonds. The summed E-state index contributed by atoms with van der Waals surface area (Å²) < 4.78 is 5.92. The number of hydrogen-bond donors (Lipinski definition) is 2. The molecule has 0 aliphatic heterocycles. The summed E-state index contributed by atoms with van der Waals surface area (Å²) in [5.41, 5.74) is 0. The lowest BCUT2D eigenvalue weighted by atomic mass is 10.4. The van der Waals surface area contributed by atoms with Crippen LogP contribution in [0.1, 0.15) is 12.8 Å². The van der Waals surface area contributed by atoms with Gasteiger partial charge in [-0.3, -0.25) is 9.98 Å². The van der Waals surface area contributed by atoms with Crippen molar-refractivity contribution >= 4 is 17.7 Å². The topological polar surface area (TPSA) is 58.5 Å². The Morgan fingerprint density at radius 2 is 2.04 bits per heavy atom. The first-order valence-electron chi connectivity index (χ1n) is 8.51. The Morgan fingerprint density at radius 1 is 1.20 bits per heavy atom. The van der Waals surface area contributed by atoms with E-state index < -0.39 is 0 Å². The molecule has 2 N–H and O–H groups in total. The predicted molar refractivity (Wildman–Crippen MR) is 103 cm³/mol. The molecule has 2 aromatic rings. The van der Waals surface area contributed by atoms with Crippen LogP contribution in [0.4, 0.5) is 0 Å². The van der Waals surface area contributed by atoms with E-state index >= 15 is 0 Å². The Hall–Kier alpha value is -2.21. The largest absolute Gasteiger partial charge is 0.490 e. The monoisotopic (exact) mass is 356 g/mol. The van der Waals surface area contributed by atoms with Gasteiger partial charge >= 0.3 is 0 Å². The number of thioether (sulfide) groups is 1. The quantitative estimate of drug-likeness (QED) is 0.433. The van der Waals surface area contributed by atoms with E-state index in [0.29, 0.717) is 17.9 Å². The predicted octanol–water partition coefficient (Wildman–Crippen LogP) is 2.95. The molecule has 5 nitrogen and oxygen atoms in total. The summed E-state index contributed by atoms with van der Waals surface area (Å²) in [5, 5.41) is 6.73. The first-order valence-corrected chi connectivity index (χ1v) is 9.33. The van der Waals surface area contributed by atoms with Crippen LogP contribution in [-0.2, 0) is 0 Å². The van der Waals surface area contributed by atoms with Crippen LogP contribution in [0.2, 0.25) is 0 Å². The fraction of sp³-hybridized carbons (Fsp3) is 0.368. The number of ether oxygens (including phenoxy) is 1. The van der Waals surface area contributed by atoms with Crippen molar-refractivity contribution in [3.63, 3.8) is 0 Å². The maximum absolute atomic E-state index is 5.63. The maximum Gasteiger partial charge on any atom is 0.191 e. The number of guanidine groups is 1. The van der Waals surface area contributed by atoms with Crippen molar-refractivity contribution in [3.05, 3.63) is 54.9 Å². The summed E-state index contributed by atoms with van der Waals surface area (Å²) in [4.78, 5) is 9.64. The van der Waals surface area contributed by atoms with E-state index in [4.69, 9.17) is 4.74 Å². The standard InChI is InChI=1S/C19H24N4OS/c1-20-18(22-12-13-24-16-6-5-11-21-14-16)23-15-19(9-10-19)25-17-7-3-2-4-8-17/h2-8,11,14H,9-10,12-13,15H2,1H3,(H2,20,22,23). The normalized spacial score (nSPS) is 15.5. The smallest absolute Gasteiger partial charge is 0.191 e. The summed E-state index contributed by atoms with van der Waals surface area (Å²) in [7, 11) is 1.79. The molecule has 1 heterocycles. The van der Waals surface area contributed by atoms with Crippen molar-refractivity contribution in [2.75, 3.05) is 26.7 Å². The molecule has 1 aliphatic carbocycles. The van der Waals surface area contributed by atoms with Gasteiger partial charge in [0.05, 0.1) is 12.7 Å². The zero-order chi connectivity index (χ0) is 17.4. The molecule has 1 aromatic heterocycles. The first kappa shape index (κ1) is 17.6. The molecule has 0 unspecified atom stereocenters. The minimum Gasteiger partial charge on any atom is -0.490 e. The molecule has 0 atom stereocenters. The Morgan fingerprint density at radius 3 is 2.72 bits per heavy atom. The van der Waals surface area contributed by atoms with E-state index in [0.717, 1.165) is 18.3 Å². The highest BCUT2D eigenvalue weighted by atomic mass is 32.2. The van der Waals surface area contributed by atoms with Gasteiger partial charge in [0.15, 0.2) is 5.96 Å². The van der Waals surface area contributed by atoms with Gasteiger partial charge in [-0.15, -0.1) is 11.8 Å². The number of hydrogen-bond acceptors (Lipinski definition) is 4. The van der Waals surface area contributed by atoms with E-state index in [1.807, 2.05) is 23.9 Å².